The van der Waals surface area contributed by atoms with Crippen molar-refractivity contribution >= 4 is 5.57 Å². The maximum Gasteiger partial charge on any atom is 0.161 e. The molecule has 5 rings (SSSR count). The van der Waals surface area contributed by atoms with Crippen LogP contribution in [-0.4, -0.2) is 45.4 Å². The van der Waals surface area contributed by atoms with Crippen molar-refractivity contribution in [2.45, 2.75) is 44.1 Å². The number of benzene rings is 3. The minimum absolute atomic E-state index is 0.204. The molecule has 0 aromatic heterocycles. The molecule has 2 heterocycles. The van der Waals surface area contributed by atoms with E-state index < -0.39 is 5.60 Å². The molecule has 38 heavy (non-hydrogen) atoms. The van der Waals surface area contributed by atoms with Gasteiger partial charge in [0, 0.05) is 18.5 Å². The van der Waals surface area contributed by atoms with Crippen LogP contribution in [0.2, 0.25) is 0 Å². The molecule has 0 amide bonds. The fourth-order valence-corrected chi connectivity index (χ4v) is 5.92. The van der Waals surface area contributed by atoms with Crippen molar-refractivity contribution in [2.75, 3.05) is 40.5 Å². The summed E-state index contributed by atoms with van der Waals surface area (Å²) < 4.78 is 32.2. The molecule has 0 spiro atoms. The second kappa shape index (κ2) is 10.9. The Morgan fingerprint density at radius 2 is 1.61 bits per heavy atom. The first-order chi connectivity index (χ1) is 18.4. The van der Waals surface area contributed by atoms with Crippen molar-refractivity contribution < 1.29 is 18.6 Å². The van der Waals surface area contributed by atoms with Crippen molar-refractivity contribution in [2.24, 2.45) is 0 Å². The van der Waals surface area contributed by atoms with Gasteiger partial charge in [-0.15, -0.1) is 0 Å². The van der Waals surface area contributed by atoms with Crippen molar-refractivity contribution in [1.29, 1.82) is 0 Å². The maximum atomic E-state index is 14.0. The lowest BCUT2D eigenvalue weighted by atomic mass is 9.70. The summed E-state index contributed by atoms with van der Waals surface area (Å²) in [6, 6.07) is 21.6. The van der Waals surface area contributed by atoms with Gasteiger partial charge in [0.05, 0.1) is 20.8 Å². The first-order valence-electron chi connectivity index (χ1n) is 13.5. The van der Waals surface area contributed by atoms with Gasteiger partial charge in [0.1, 0.15) is 11.4 Å². The first kappa shape index (κ1) is 26.5. The second-order valence-corrected chi connectivity index (χ2v) is 11.0. The number of hydrogen-bond acceptors (Lipinski definition) is 4. The molecule has 5 heteroatoms. The van der Waals surface area contributed by atoms with Gasteiger partial charge in [0.15, 0.2) is 11.5 Å². The van der Waals surface area contributed by atoms with Gasteiger partial charge in [0.25, 0.3) is 0 Å². The van der Waals surface area contributed by atoms with Crippen LogP contribution in [0.25, 0.3) is 5.57 Å². The lowest BCUT2D eigenvalue weighted by Crippen LogP contribution is -2.44. The van der Waals surface area contributed by atoms with Gasteiger partial charge in [0.2, 0.25) is 0 Å². The Kier molecular flexibility index (Phi) is 7.60. The number of hydrogen-bond donors (Lipinski definition) is 0. The van der Waals surface area contributed by atoms with Crippen LogP contribution in [0.3, 0.4) is 0 Å². The largest absolute Gasteiger partial charge is 0.493 e. The fourth-order valence-electron chi connectivity index (χ4n) is 5.92. The third-order valence-corrected chi connectivity index (χ3v) is 8.12. The smallest absolute Gasteiger partial charge is 0.161 e. The lowest BCUT2D eigenvalue weighted by Gasteiger charge is -2.46. The standard InChI is InChI=1S/C33H38FNO3/c1-32(2)23-38-33(26-11-13-27(34)14-12-26,29-22-31(37-4)30(36-3)21-28(29)32)17-8-18-35-19-15-25(16-20-35)24-9-6-5-7-10-24/h5-7,9-15,21-22H,8,16-20,23H2,1-4H3. The molecule has 0 radical (unpaired) electrons. The summed E-state index contributed by atoms with van der Waals surface area (Å²) in [5, 5.41) is 0. The van der Waals surface area contributed by atoms with E-state index in [4.69, 9.17) is 14.2 Å². The predicted octanol–water partition coefficient (Wildman–Crippen LogP) is 6.96. The van der Waals surface area contributed by atoms with E-state index in [2.05, 4.69) is 67.3 Å². The molecule has 3 aromatic carbocycles. The Balaban J connectivity index is 1.43. The van der Waals surface area contributed by atoms with Gasteiger partial charge >= 0.3 is 0 Å². The molecule has 0 N–H and O–H groups in total. The molecule has 4 nitrogen and oxygen atoms in total. The van der Waals surface area contributed by atoms with Crippen molar-refractivity contribution in [3.63, 3.8) is 0 Å². The summed E-state index contributed by atoms with van der Waals surface area (Å²) in [6.07, 6.45) is 5.14. The Hall–Kier alpha value is -3.15. The highest BCUT2D eigenvalue weighted by molar-refractivity contribution is 5.66. The minimum atomic E-state index is -0.696. The third-order valence-electron chi connectivity index (χ3n) is 8.12. The Bertz CT molecular complexity index is 1290. The topological polar surface area (TPSA) is 30.9 Å². The molecule has 1 unspecified atom stereocenters. The quantitative estimate of drug-likeness (QED) is 0.324. The van der Waals surface area contributed by atoms with E-state index in [0.29, 0.717) is 18.1 Å². The van der Waals surface area contributed by atoms with Crippen LogP contribution in [0.1, 0.15) is 55.4 Å². The van der Waals surface area contributed by atoms with Crippen LogP contribution >= 0.6 is 0 Å². The molecule has 0 fully saturated rings. The lowest BCUT2D eigenvalue weighted by molar-refractivity contribution is -0.0632. The summed E-state index contributed by atoms with van der Waals surface area (Å²) >= 11 is 0. The van der Waals surface area contributed by atoms with Gasteiger partial charge in [-0.2, -0.15) is 0 Å². The number of fused-ring (bicyclic) bond motifs is 1. The molecule has 0 bridgehead atoms. The number of halogens is 1. The maximum absolute atomic E-state index is 14.0. The molecule has 2 aliphatic heterocycles. The van der Waals surface area contributed by atoms with E-state index in [1.165, 1.54) is 28.8 Å². The van der Waals surface area contributed by atoms with Crippen molar-refractivity contribution in [3.8, 4) is 11.5 Å². The van der Waals surface area contributed by atoms with Gasteiger partial charge in [-0.25, -0.2) is 4.39 Å². The molecule has 200 valence electrons. The summed E-state index contributed by atoms with van der Waals surface area (Å²) in [6.45, 7) is 7.90. The normalized spacial score (nSPS) is 20.9. The first-order valence-corrected chi connectivity index (χ1v) is 13.5. The van der Waals surface area contributed by atoms with E-state index in [0.717, 1.165) is 50.0 Å². The van der Waals surface area contributed by atoms with Crippen molar-refractivity contribution in [3.05, 3.63) is 101 Å². The van der Waals surface area contributed by atoms with Crippen LogP contribution < -0.4 is 9.47 Å². The second-order valence-electron chi connectivity index (χ2n) is 11.0. The number of rotatable bonds is 8. The van der Waals surface area contributed by atoms with E-state index in [9.17, 15) is 4.39 Å². The van der Waals surface area contributed by atoms with Crippen LogP contribution in [0.15, 0.2) is 72.8 Å². The molecule has 0 aliphatic carbocycles. The van der Waals surface area contributed by atoms with Crippen LogP contribution in [0.5, 0.6) is 11.5 Å². The third kappa shape index (κ3) is 5.10. The van der Waals surface area contributed by atoms with Crippen LogP contribution in [0, 0.1) is 5.82 Å². The molecule has 2 aliphatic rings. The van der Waals surface area contributed by atoms with E-state index >= 15 is 0 Å². The minimum Gasteiger partial charge on any atom is -0.493 e. The van der Waals surface area contributed by atoms with E-state index in [1.54, 1.807) is 14.2 Å². The average molecular weight is 516 g/mol. The average Bonchev–Trinajstić information content (AvgIpc) is 2.95. The summed E-state index contributed by atoms with van der Waals surface area (Å²) in [7, 11) is 3.33. The predicted molar refractivity (Wildman–Crippen MR) is 150 cm³/mol. The van der Waals surface area contributed by atoms with E-state index in [-0.39, 0.29) is 11.2 Å². The highest BCUT2D eigenvalue weighted by Crippen LogP contribution is 2.50. The van der Waals surface area contributed by atoms with E-state index in [1.807, 2.05) is 12.1 Å². The molecule has 1 atom stereocenters. The number of methoxy groups -OCH3 is 2. The number of nitrogens with zero attached hydrogens (tertiary/aromatic N) is 1. The van der Waals surface area contributed by atoms with Gasteiger partial charge in [-0.1, -0.05) is 62.4 Å². The van der Waals surface area contributed by atoms with Gasteiger partial charge in [-0.05, 0) is 77.9 Å². The van der Waals surface area contributed by atoms with Crippen LogP contribution in [0.4, 0.5) is 4.39 Å². The summed E-state index contributed by atoms with van der Waals surface area (Å²) in [5.41, 5.74) is 5.07. The zero-order valence-corrected chi connectivity index (χ0v) is 22.9. The molecular weight excluding hydrogens is 477 g/mol. The van der Waals surface area contributed by atoms with Gasteiger partial charge in [-0.3, -0.25) is 4.90 Å². The highest BCUT2D eigenvalue weighted by atomic mass is 19.1. The Labute approximate surface area is 226 Å². The summed E-state index contributed by atoms with van der Waals surface area (Å²) in [4.78, 5) is 2.51. The molecule has 3 aromatic rings. The van der Waals surface area contributed by atoms with Crippen LogP contribution in [-0.2, 0) is 15.8 Å². The zero-order valence-electron chi connectivity index (χ0n) is 22.9. The summed E-state index contributed by atoms with van der Waals surface area (Å²) in [5.74, 6) is 1.14. The fraction of sp³-hybridized carbons (Fsp3) is 0.394. The Morgan fingerprint density at radius 1 is 0.921 bits per heavy atom. The highest BCUT2D eigenvalue weighted by Gasteiger charge is 2.46. The molecule has 0 saturated heterocycles. The Morgan fingerprint density at radius 3 is 2.24 bits per heavy atom. The van der Waals surface area contributed by atoms with Gasteiger partial charge < -0.3 is 14.2 Å². The molecular formula is C33H38FNO3. The number of ether oxygens (including phenoxy) is 3. The van der Waals surface area contributed by atoms with Crippen molar-refractivity contribution in [1.82, 2.24) is 4.90 Å². The molecule has 0 saturated carbocycles. The monoisotopic (exact) mass is 515 g/mol. The zero-order chi connectivity index (χ0) is 26.8. The SMILES string of the molecule is COc1cc2c(cc1OC)C(CCCN1CC=C(c3ccccc3)CC1)(c1ccc(F)cc1)OCC2(C)C.